The van der Waals surface area contributed by atoms with Gasteiger partial charge in [-0.25, -0.2) is 4.39 Å². The summed E-state index contributed by atoms with van der Waals surface area (Å²) >= 11 is 0. The van der Waals surface area contributed by atoms with Gasteiger partial charge in [0.1, 0.15) is 29.2 Å². The number of aliphatic hydroxyl groups excluding tert-OH is 1. The van der Waals surface area contributed by atoms with Crippen molar-refractivity contribution in [3.63, 3.8) is 0 Å². The first-order chi connectivity index (χ1) is 11.1. The van der Waals surface area contributed by atoms with Crippen LogP contribution in [0.15, 0.2) is 57.6 Å². The lowest BCUT2D eigenvalue weighted by Crippen LogP contribution is -2.20. The highest BCUT2D eigenvalue weighted by Gasteiger charge is 2.12. The van der Waals surface area contributed by atoms with E-state index in [1.165, 1.54) is 12.3 Å². The number of halogens is 1. The molecule has 0 bridgehead atoms. The van der Waals surface area contributed by atoms with Crippen LogP contribution in [0.4, 0.5) is 4.39 Å². The van der Waals surface area contributed by atoms with Crippen LogP contribution in [0.3, 0.4) is 0 Å². The minimum absolute atomic E-state index is 0.250. The molecule has 23 heavy (non-hydrogen) atoms. The van der Waals surface area contributed by atoms with Crippen LogP contribution in [0.25, 0.3) is 11.3 Å². The minimum atomic E-state index is -0.704. The molecule has 1 atom stereocenters. The molecule has 1 unspecified atom stereocenters. The Kier molecular flexibility index (Phi) is 4.60. The molecule has 0 saturated carbocycles. The number of furan rings is 2. The van der Waals surface area contributed by atoms with Crippen molar-refractivity contribution in [1.29, 1.82) is 0 Å². The summed E-state index contributed by atoms with van der Waals surface area (Å²) in [5, 5.41) is 13.0. The van der Waals surface area contributed by atoms with Gasteiger partial charge in [0.25, 0.3) is 0 Å². The van der Waals surface area contributed by atoms with Crippen LogP contribution in [-0.2, 0) is 6.54 Å². The van der Waals surface area contributed by atoms with Gasteiger partial charge in [0, 0.05) is 12.1 Å². The lowest BCUT2D eigenvalue weighted by Gasteiger charge is -2.08. The van der Waals surface area contributed by atoms with Gasteiger partial charge in [0.2, 0.25) is 0 Å². The average molecular weight is 315 g/mol. The van der Waals surface area contributed by atoms with Crippen LogP contribution in [0, 0.1) is 12.7 Å². The Morgan fingerprint density at radius 3 is 2.83 bits per heavy atom. The van der Waals surface area contributed by atoms with Gasteiger partial charge in [-0.2, -0.15) is 0 Å². The minimum Gasteiger partial charge on any atom is -0.467 e. The molecule has 0 aliphatic carbocycles. The van der Waals surface area contributed by atoms with Crippen LogP contribution < -0.4 is 5.32 Å². The van der Waals surface area contributed by atoms with Gasteiger partial charge in [-0.15, -0.1) is 0 Å². The van der Waals surface area contributed by atoms with Crippen LogP contribution in [0.1, 0.15) is 23.2 Å². The van der Waals surface area contributed by atoms with E-state index in [-0.39, 0.29) is 5.82 Å². The number of benzene rings is 1. The first-order valence-corrected chi connectivity index (χ1v) is 7.41. The van der Waals surface area contributed by atoms with Crippen molar-refractivity contribution in [3.05, 3.63) is 71.6 Å². The molecule has 0 saturated heterocycles. The molecule has 4 nitrogen and oxygen atoms in total. The third-order valence-electron chi connectivity index (χ3n) is 3.70. The molecule has 0 amide bonds. The van der Waals surface area contributed by atoms with E-state index in [9.17, 15) is 9.50 Å². The maximum atomic E-state index is 13.6. The number of hydrogen-bond acceptors (Lipinski definition) is 4. The molecule has 0 fully saturated rings. The Hall–Kier alpha value is -2.37. The molecular weight excluding hydrogens is 297 g/mol. The van der Waals surface area contributed by atoms with Crippen molar-refractivity contribution >= 4 is 0 Å². The summed E-state index contributed by atoms with van der Waals surface area (Å²) in [6.07, 6.45) is 0.823. The number of aliphatic hydroxyl groups is 1. The highest BCUT2D eigenvalue weighted by molar-refractivity contribution is 5.62. The Morgan fingerprint density at radius 1 is 1.17 bits per heavy atom. The molecule has 0 aliphatic heterocycles. The number of nitrogens with one attached hydrogen (secondary N) is 1. The molecule has 120 valence electrons. The summed E-state index contributed by atoms with van der Waals surface area (Å²) in [7, 11) is 0. The summed E-state index contributed by atoms with van der Waals surface area (Å²) in [6, 6.07) is 12.0. The van der Waals surface area contributed by atoms with E-state index in [1.807, 2.05) is 18.2 Å². The highest BCUT2D eigenvalue weighted by Crippen LogP contribution is 2.27. The fraction of sp³-hybridized carbons (Fsp3) is 0.222. The summed E-state index contributed by atoms with van der Waals surface area (Å²) < 4.78 is 24.5. The van der Waals surface area contributed by atoms with Gasteiger partial charge < -0.3 is 19.3 Å². The topological polar surface area (TPSA) is 58.5 Å². The van der Waals surface area contributed by atoms with Crippen LogP contribution in [0.5, 0.6) is 0 Å². The normalized spacial score (nSPS) is 12.5. The molecule has 0 aliphatic rings. The molecule has 3 rings (SSSR count). The lowest BCUT2D eigenvalue weighted by molar-refractivity contribution is 0.146. The zero-order valence-corrected chi connectivity index (χ0v) is 12.8. The van der Waals surface area contributed by atoms with Gasteiger partial charge in [0.05, 0.1) is 12.8 Å². The van der Waals surface area contributed by atoms with Gasteiger partial charge in [0.15, 0.2) is 0 Å². The average Bonchev–Trinajstić information content (AvgIpc) is 3.21. The fourth-order valence-electron chi connectivity index (χ4n) is 2.41. The maximum absolute atomic E-state index is 13.6. The smallest absolute Gasteiger partial charge is 0.134 e. The third kappa shape index (κ3) is 3.52. The third-order valence-corrected chi connectivity index (χ3v) is 3.70. The Morgan fingerprint density at radius 2 is 2.04 bits per heavy atom. The van der Waals surface area contributed by atoms with Crippen molar-refractivity contribution in [1.82, 2.24) is 5.32 Å². The highest BCUT2D eigenvalue weighted by atomic mass is 19.1. The van der Waals surface area contributed by atoms with Crippen molar-refractivity contribution in [2.75, 3.05) is 6.54 Å². The molecule has 1 aromatic carbocycles. The molecule has 2 heterocycles. The van der Waals surface area contributed by atoms with Gasteiger partial charge in [-0.3, -0.25) is 0 Å². The van der Waals surface area contributed by atoms with Gasteiger partial charge in [-0.05, 0) is 42.8 Å². The predicted octanol–water partition coefficient (Wildman–Crippen LogP) is 3.81. The molecule has 0 radical (unpaired) electrons. The Balaban J connectivity index is 1.60. The fourth-order valence-corrected chi connectivity index (χ4v) is 2.41. The summed E-state index contributed by atoms with van der Waals surface area (Å²) in [6.45, 7) is 2.54. The first-order valence-electron chi connectivity index (χ1n) is 7.41. The van der Waals surface area contributed by atoms with Crippen LogP contribution in [-0.4, -0.2) is 11.7 Å². The molecule has 2 N–H and O–H groups in total. The molecule has 0 spiro atoms. The van der Waals surface area contributed by atoms with Crippen molar-refractivity contribution in [2.24, 2.45) is 0 Å². The zero-order valence-electron chi connectivity index (χ0n) is 12.8. The van der Waals surface area contributed by atoms with E-state index >= 15 is 0 Å². The van der Waals surface area contributed by atoms with Crippen molar-refractivity contribution < 1.29 is 18.3 Å². The zero-order chi connectivity index (χ0) is 16.2. The Labute approximate surface area is 133 Å². The van der Waals surface area contributed by atoms with E-state index in [2.05, 4.69) is 5.32 Å². The quantitative estimate of drug-likeness (QED) is 0.726. The van der Waals surface area contributed by atoms with E-state index in [4.69, 9.17) is 8.83 Å². The first kappa shape index (κ1) is 15.5. The maximum Gasteiger partial charge on any atom is 0.134 e. The second-order valence-corrected chi connectivity index (χ2v) is 5.34. The second-order valence-electron chi connectivity index (χ2n) is 5.34. The van der Waals surface area contributed by atoms with Crippen molar-refractivity contribution in [2.45, 2.75) is 19.6 Å². The lowest BCUT2D eigenvalue weighted by atomic mass is 10.1. The van der Waals surface area contributed by atoms with Crippen LogP contribution in [0.2, 0.25) is 0 Å². The molecule has 2 aromatic heterocycles. The summed E-state index contributed by atoms with van der Waals surface area (Å²) in [5.74, 6) is 1.62. The SMILES string of the molecule is Cc1c(F)cccc1-c1ccc(CNCC(O)c2ccco2)o1. The standard InChI is InChI=1S/C18H18FNO3/c1-12-14(4-2-5-15(12)19)17-8-7-13(23-17)10-20-11-16(21)18-6-3-9-22-18/h2-9,16,20-21H,10-11H2,1H3. The molecule has 5 heteroatoms. The monoisotopic (exact) mass is 315 g/mol. The van der Waals surface area contributed by atoms with E-state index in [0.29, 0.717) is 30.2 Å². The van der Waals surface area contributed by atoms with Gasteiger partial charge >= 0.3 is 0 Å². The van der Waals surface area contributed by atoms with E-state index in [0.717, 1.165) is 11.3 Å². The van der Waals surface area contributed by atoms with Crippen LogP contribution >= 0.6 is 0 Å². The number of hydrogen-bond donors (Lipinski definition) is 2. The second kappa shape index (κ2) is 6.81. The summed E-state index contributed by atoms with van der Waals surface area (Å²) in [4.78, 5) is 0. The van der Waals surface area contributed by atoms with E-state index in [1.54, 1.807) is 25.1 Å². The molecule has 3 aromatic rings. The largest absolute Gasteiger partial charge is 0.467 e. The number of rotatable bonds is 6. The van der Waals surface area contributed by atoms with E-state index < -0.39 is 6.10 Å². The van der Waals surface area contributed by atoms with Crippen molar-refractivity contribution in [3.8, 4) is 11.3 Å². The predicted molar refractivity (Wildman–Crippen MR) is 84.2 cm³/mol. The van der Waals surface area contributed by atoms with Gasteiger partial charge in [-0.1, -0.05) is 12.1 Å². The Bertz CT molecular complexity index is 764. The summed E-state index contributed by atoms with van der Waals surface area (Å²) in [5.41, 5.74) is 1.31. The molecular formula is C18H18FNO3.